The molecule has 0 aliphatic heterocycles. The summed E-state index contributed by atoms with van der Waals surface area (Å²) >= 11 is 2.24. The molecular formula is C11H10IN3O. The summed E-state index contributed by atoms with van der Waals surface area (Å²) in [6.07, 6.45) is 1.47. The number of halogens is 1. The number of rotatable bonds is 3. The molecule has 0 aliphatic carbocycles. The molecule has 0 amide bonds. The predicted octanol–water partition coefficient (Wildman–Crippen LogP) is 2.92. The minimum Gasteiger partial charge on any atom is -0.439 e. The Morgan fingerprint density at radius 3 is 2.88 bits per heavy atom. The van der Waals surface area contributed by atoms with Gasteiger partial charge in [0.15, 0.2) is 0 Å². The molecule has 0 saturated heterocycles. The van der Waals surface area contributed by atoms with Crippen molar-refractivity contribution in [2.24, 2.45) is 0 Å². The van der Waals surface area contributed by atoms with Gasteiger partial charge in [0.2, 0.25) is 5.88 Å². The van der Waals surface area contributed by atoms with Gasteiger partial charge in [-0.15, -0.1) is 0 Å². The van der Waals surface area contributed by atoms with Crippen LogP contribution >= 0.6 is 22.6 Å². The van der Waals surface area contributed by atoms with E-state index in [0.29, 0.717) is 5.88 Å². The van der Waals surface area contributed by atoms with Crippen molar-refractivity contribution in [2.45, 2.75) is 0 Å². The molecule has 0 radical (unpaired) electrons. The highest BCUT2D eigenvalue weighted by molar-refractivity contribution is 14.1. The van der Waals surface area contributed by atoms with Crippen LogP contribution in [0.5, 0.6) is 11.6 Å². The topological polar surface area (TPSA) is 47.0 Å². The van der Waals surface area contributed by atoms with Gasteiger partial charge >= 0.3 is 0 Å². The minimum atomic E-state index is 0.529. The van der Waals surface area contributed by atoms with E-state index in [0.717, 1.165) is 15.1 Å². The van der Waals surface area contributed by atoms with E-state index in [1.54, 1.807) is 13.1 Å². The van der Waals surface area contributed by atoms with Gasteiger partial charge in [-0.1, -0.05) is 6.07 Å². The Labute approximate surface area is 107 Å². The largest absolute Gasteiger partial charge is 0.439 e. The van der Waals surface area contributed by atoms with E-state index in [2.05, 4.69) is 37.9 Å². The third-order valence-electron chi connectivity index (χ3n) is 1.92. The van der Waals surface area contributed by atoms with Crippen LogP contribution in [0.1, 0.15) is 0 Å². The van der Waals surface area contributed by atoms with Crippen molar-refractivity contribution in [3.63, 3.8) is 0 Å². The Morgan fingerprint density at radius 1 is 1.25 bits per heavy atom. The predicted molar refractivity (Wildman–Crippen MR) is 70.8 cm³/mol. The standard InChI is InChI=1S/C11H10IN3O/c1-13-10-6-11(15-7-14-10)16-9-4-2-3-8(12)5-9/h2-7H,1H3,(H,13,14,15). The molecule has 1 heterocycles. The van der Waals surface area contributed by atoms with E-state index < -0.39 is 0 Å². The smallest absolute Gasteiger partial charge is 0.224 e. The highest BCUT2D eigenvalue weighted by Gasteiger charge is 2.00. The lowest BCUT2D eigenvalue weighted by atomic mass is 10.3. The van der Waals surface area contributed by atoms with E-state index in [1.807, 2.05) is 24.3 Å². The first kappa shape index (κ1) is 11.1. The maximum atomic E-state index is 5.61. The van der Waals surface area contributed by atoms with Gasteiger partial charge in [0, 0.05) is 16.7 Å². The molecular weight excluding hydrogens is 317 g/mol. The molecule has 0 saturated carbocycles. The molecule has 1 aromatic carbocycles. The average Bonchev–Trinajstić information content (AvgIpc) is 2.29. The van der Waals surface area contributed by atoms with Crippen molar-refractivity contribution in [3.05, 3.63) is 40.2 Å². The van der Waals surface area contributed by atoms with Gasteiger partial charge in [-0.25, -0.2) is 9.97 Å². The maximum absolute atomic E-state index is 5.61. The van der Waals surface area contributed by atoms with Crippen molar-refractivity contribution in [3.8, 4) is 11.6 Å². The lowest BCUT2D eigenvalue weighted by Gasteiger charge is -2.05. The molecule has 1 aromatic heterocycles. The summed E-state index contributed by atoms with van der Waals surface area (Å²) in [5, 5.41) is 2.93. The fourth-order valence-corrected chi connectivity index (χ4v) is 1.70. The van der Waals surface area contributed by atoms with Crippen molar-refractivity contribution in [1.29, 1.82) is 0 Å². The van der Waals surface area contributed by atoms with Gasteiger partial charge < -0.3 is 10.1 Å². The normalized spacial score (nSPS) is 9.88. The first-order valence-electron chi connectivity index (χ1n) is 4.71. The van der Waals surface area contributed by atoms with Gasteiger partial charge in [0.25, 0.3) is 0 Å². The van der Waals surface area contributed by atoms with Crippen LogP contribution in [0.15, 0.2) is 36.7 Å². The van der Waals surface area contributed by atoms with Gasteiger partial charge in [0.1, 0.15) is 17.9 Å². The van der Waals surface area contributed by atoms with E-state index in [-0.39, 0.29) is 0 Å². The monoisotopic (exact) mass is 327 g/mol. The number of hydrogen-bond acceptors (Lipinski definition) is 4. The molecule has 0 spiro atoms. The van der Waals surface area contributed by atoms with Crippen LogP contribution < -0.4 is 10.1 Å². The Hall–Kier alpha value is -1.37. The van der Waals surface area contributed by atoms with Gasteiger partial charge in [-0.3, -0.25) is 0 Å². The number of nitrogens with zero attached hydrogens (tertiary/aromatic N) is 2. The lowest BCUT2D eigenvalue weighted by molar-refractivity contribution is 0.461. The van der Waals surface area contributed by atoms with Crippen LogP contribution in [0.25, 0.3) is 0 Å². The summed E-state index contributed by atoms with van der Waals surface area (Å²) in [5.74, 6) is 2.03. The second-order valence-corrected chi connectivity index (χ2v) is 4.30. The van der Waals surface area contributed by atoms with Crippen molar-refractivity contribution in [2.75, 3.05) is 12.4 Å². The number of ether oxygens (including phenoxy) is 1. The van der Waals surface area contributed by atoms with E-state index >= 15 is 0 Å². The zero-order valence-electron chi connectivity index (χ0n) is 8.64. The van der Waals surface area contributed by atoms with Crippen LogP contribution in [-0.4, -0.2) is 17.0 Å². The molecule has 4 nitrogen and oxygen atoms in total. The number of benzene rings is 1. The Kier molecular flexibility index (Phi) is 3.55. The lowest BCUT2D eigenvalue weighted by Crippen LogP contribution is -1.95. The van der Waals surface area contributed by atoms with Gasteiger partial charge in [-0.2, -0.15) is 0 Å². The summed E-state index contributed by atoms with van der Waals surface area (Å²) in [5.41, 5.74) is 0. The quantitative estimate of drug-likeness (QED) is 0.881. The molecule has 0 unspecified atom stereocenters. The first-order chi connectivity index (χ1) is 7.78. The fraction of sp³-hybridized carbons (Fsp3) is 0.0909. The zero-order chi connectivity index (χ0) is 11.4. The second kappa shape index (κ2) is 5.11. The highest BCUT2D eigenvalue weighted by Crippen LogP contribution is 2.21. The van der Waals surface area contributed by atoms with Gasteiger partial charge in [0.05, 0.1) is 0 Å². The summed E-state index contributed by atoms with van der Waals surface area (Å²) in [4.78, 5) is 8.05. The number of nitrogens with one attached hydrogen (secondary N) is 1. The molecule has 2 aromatic rings. The van der Waals surface area contributed by atoms with Crippen LogP contribution in [0, 0.1) is 3.57 Å². The summed E-state index contributed by atoms with van der Waals surface area (Å²) < 4.78 is 6.73. The maximum Gasteiger partial charge on any atom is 0.224 e. The molecule has 0 bridgehead atoms. The van der Waals surface area contributed by atoms with Gasteiger partial charge in [-0.05, 0) is 40.8 Å². The number of anilines is 1. The minimum absolute atomic E-state index is 0.529. The molecule has 0 atom stereocenters. The van der Waals surface area contributed by atoms with Crippen molar-refractivity contribution in [1.82, 2.24) is 9.97 Å². The van der Waals surface area contributed by atoms with E-state index in [1.165, 1.54) is 6.33 Å². The Balaban J connectivity index is 2.20. The average molecular weight is 327 g/mol. The molecule has 0 fully saturated rings. The number of hydrogen-bond donors (Lipinski definition) is 1. The zero-order valence-corrected chi connectivity index (χ0v) is 10.8. The molecule has 5 heteroatoms. The summed E-state index contributed by atoms with van der Waals surface area (Å²) in [6.45, 7) is 0. The highest BCUT2D eigenvalue weighted by atomic mass is 127. The molecule has 16 heavy (non-hydrogen) atoms. The second-order valence-electron chi connectivity index (χ2n) is 3.05. The summed E-state index contributed by atoms with van der Waals surface area (Å²) in [6, 6.07) is 9.54. The van der Waals surface area contributed by atoms with E-state index in [9.17, 15) is 0 Å². The first-order valence-corrected chi connectivity index (χ1v) is 5.79. The SMILES string of the molecule is CNc1cc(Oc2cccc(I)c2)ncn1. The third-order valence-corrected chi connectivity index (χ3v) is 2.59. The molecule has 82 valence electrons. The Bertz CT molecular complexity index is 490. The fourth-order valence-electron chi connectivity index (χ4n) is 1.18. The van der Waals surface area contributed by atoms with Crippen LogP contribution in [0.2, 0.25) is 0 Å². The third kappa shape index (κ3) is 2.82. The van der Waals surface area contributed by atoms with Crippen molar-refractivity contribution < 1.29 is 4.74 Å². The molecule has 0 aliphatic rings. The van der Waals surface area contributed by atoms with Crippen LogP contribution in [-0.2, 0) is 0 Å². The molecule has 2 rings (SSSR count). The van der Waals surface area contributed by atoms with Crippen LogP contribution in [0.4, 0.5) is 5.82 Å². The number of aromatic nitrogens is 2. The Morgan fingerprint density at radius 2 is 2.12 bits per heavy atom. The molecule has 1 N–H and O–H groups in total. The van der Waals surface area contributed by atoms with Crippen molar-refractivity contribution >= 4 is 28.4 Å². The summed E-state index contributed by atoms with van der Waals surface area (Å²) in [7, 11) is 1.80. The van der Waals surface area contributed by atoms with Crippen LogP contribution in [0.3, 0.4) is 0 Å². The van der Waals surface area contributed by atoms with E-state index in [4.69, 9.17) is 4.74 Å².